The molecule has 0 aliphatic rings. The van der Waals surface area contributed by atoms with Crippen molar-refractivity contribution in [2.45, 2.75) is 6.92 Å². The van der Waals surface area contributed by atoms with Gasteiger partial charge < -0.3 is 9.84 Å². The summed E-state index contributed by atoms with van der Waals surface area (Å²) in [6, 6.07) is 10.5. The largest absolute Gasteiger partial charge is 0.507 e. The van der Waals surface area contributed by atoms with Crippen LogP contribution in [-0.4, -0.2) is 18.4 Å². The Morgan fingerprint density at radius 3 is 2.74 bits per heavy atom. The predicted molar refractivity (Wildman–Crippen MR) is 78.1 cm³/mol. The highest BCUT2D eigenvalue weighted by Gasteiger charge is 2.02. The van der Waals surface area contributed by atoms with Crippen molar-refractivity contribution in [1.29, 1.82) is 0 Å². The molecular weight excluding hydrogens is 262 g/mol. The predicted octanol–water partition coefficient (Wildman–Crippen LogP) is 4.11. The molecule has 0 heterocycles. The standard InChI is InChI=1S/C15H14ClNO2/c1-10-3-4-12(16)8-14(10)17-9-11-7-13(19-2)5-6-15(11)18/h3-9,18H,1-2H3. The lowest BCUT2D eigenvalue weighted by Gasteiger charge is -2.04. The van der Waals surface area contributed by atoms with E-state index in [9.17, 15) is 5.11 Å². The van der Waals surface area contributed by atoms with Crippen molar-refractivity contribution in [3.05, 3.63) is 52.5 Å². The Morgan fingerprint density at radius 2 is 2.00 bits per heavy atom. The van der Waals surface area contributed by atoms with E-state index >= 15 is 0 Å². The Balaban J connectivity index is 2.34. The molecule has 98 valence electrons. The number of hydrogen-bond acceptors (Lipinski definition) is 3. The number of methoxy groups -OCH3 is 1. The molecular formula is C15H14ClNO2. The number of rotatable bonds is 3. The van der Waals surface area contributed by atoms with Gasteiger partial charge in [-0.25, -0.2) is 0 Å². The van der Waals surface area contributed by atoms with Crippen molar-refractivity contribution in [3.63, 3.8) is 0 Å². The van der Waals surface area contributed by atoms with Crippen LogP contribution in [0.2, 0.25) is 5.02 Å². The second kappa shape index (κ2) is 5.76. The molecule has 0 aromatic heterocycles. The summed E-state index contributed by atoms with van der Waals surface area (Å²) in [6.45, 7) is 1.95. The van der Waals surface area contributed by atoms with E-state index < -0.39 is 0 Å². The molecule has 2 rings (SSSR count). The van der Waals surface area contributed by atoms with Crippen molar-refractivity contribution in [2.24, 2.45) is 4.99 Å². The van der Waals surface area contributed by atoms with Gasteiger partial charge in [-0.1, -0.05) is 17.7 Å². The lowest BCUT2D eigenvalue weighted by atomic mass is 10.2. The van der Waals surface area contributed by atoms with E-state index in [4.69, 9.17) is 16.3 Å². The van der Waals surface area contributed by atoms with Crippen LogP contribution in [0, 0.1) is 6.92 Å². The molecule has 0 amide bonds. The fourth-order valence-corrected chi connectivity index (χ4v) is 1.79. The second-order valence-corrected chi connectivity index (χ2v) is 4.55. The Bertz CT molecular complexity index is 624. The minimum Gasteiger partial charge on any atom is -0.507 e. The molecule has 0 aliphatic heterocycles. The fraction of sp³-hybridized carbons (Fsp3) is 0.133. The summed E-state index contributed by atoms with van der Waals surface area (Å²) in [6.07, 6.45) is 1.59. The molecule has 0 bridgehead atoms. The lowest BCUT2D eigenvalue weighted by molar-refractivity contribution is 0.412. The first-order chi connectivity index (χ1) is 9.10. The van der Waals surface area contributed by atoms with Gasteiger partial charge >= 0.3 is 0 Å². The maximum atomic E-state index is 9.76. The number of phenols is 1. The third-order valence-electron chi connectivity index (χ3n) is 2.75. The van der Waals surface area contributed by atoms with Gasteiger partial charge in [-0.2, -0.15) is 0 Å². The van der Waals surface area contributed by atoms with E-state index in [0.29, 0.717) is 16.3 Å². The smallest absolute Gasteiger partial charge is 0.124 e. The van der Waals surface area contributed by atoms with Crippen LogP contribution in [0.5, 0.6) is 11.5 Å². The zero-order chi connectivity index (χ0) is 13.8. The molecule has 0 fully saturated rings. The van der Waals surface area contributed by atoms with Crippen LogP contribution in [-0.2, 0) is 0 Å². The number of ether oxygens (including phenoxy) is 1. The summed E-state index contributed by atoms with van der Waals surface area (Å²) in [4.78, 5) is 4.35. The number of phenolic OH excluding ortho intramolecular Hbond substituents is 1. The summed E-state index contributed by atoms with van der Waals surface area (Å²) in [5, 5.41) is 10.4. The molecule has 0 radical (unpaired) electrons. The zero-order valence-corrected chi connectivity index (χ0v) is 11.5. The molecule has 0 atom stereocenters. The van der Waals surface area contributed by atoms with E-state index in [0.717, 1.165) is 11.3 Å². The monoisotopic (exact) mass is 275 g/mol. The van der Waals surface area contributed by atoms with Gasteiger partial charge in [-0.05, 0) is 42.8 Å². The maximum Gasteiger partial charge on any atom is 0.124 e. The van der Waals surface area contributed by atoms with Gasteiger partial charge in [0, 0.05) is 16.8 Å². The van der Waals surface area contributed by atoms with Crippen molar-refractivity contribution in [3.8, 4) is 11.5 Å². The van der Waals surface area contributed by atoms with Gasteiger partial charge in [0.25, 0.3) is 0 Å². The summed E-state index contributed by atoms with van der Waals surface area (Å²) < 4.78 is 5.11. The van der Waals surface area contributed by atoms with E-state index in [1.165, 1.54) is 0 Å². The second-order valence-electron chi connectivity index (χ2n) is 4.11. The van der Waals surface area contributed by atoms with Gasteiger partial charge in [0.15, 0.2) is 0 Å². The van der Waals surface area contributed by atoms with Crippen molar-refractivity contribution in [1.82, 2.24) is 0 Å². The number of benzene rings is 2. The third kappa shape index (κ3) is 3.26. The lowest BCUT2D eigenvalue weighted by Crippen LogP contribution is -1.87. The summed E-state index contributed by atoms with van der Waals surface area (Å²) in [5.41, 5.74) is 2.39. The van der Waals surface area contributed by atoms with Crippen molar-refractivity contribution in [2.75, 3.05) is 7.11 Å². The Morgan fingerprint density at radius 1 is 1.21 bits per heavy atom. The number of aryl methyl sites for hydroxylation is 1. The SMILES string of the molecule is COc1ccc(O)c(C=Nc2cc(Cl)ccc2C)c1. The zero-order valence-electron chi connectivity index (χ0n) is 10.7. The van der Waals surface area contributed by atoms with E-state index in [2.05, 4.69) is 4.99 Å². The molecule has 0 saturated carbocycles. The molecule has 19 heavy (non-hydrogen) atoms. The third-order valence-corrected chi connectivity index (χ3v) is 2.98. The average molecular weight is 276 g/mol. The average Bonchev–Trinajstić information content (AvgIpc) is 2.41. The number of nitrogens with zero attached hydrogens (tertiary/aromatic N) is 1. The van der Waals surface area contributed by atoms with Crippen LogP contribution in [0.4, 0.5) is 5.69 Å². The van der Waals surface area contributed by atoms with Crippen LogP contribution in [0.1, 0.15) is 11.1 Å². The van der Waals surface area contributed by atoms with E-state index in [1.54, 1.807) is 37.6 Å². The highest BCUT2D eigenvalue weighted by Crippen LogP contribution is 2.25. The normalized spacial score (nSPS) is 10.9. The molecule has 2 aromatic carbocycles. The molecule has 0 spiro atoms. The van der Waals surface area contributed by atoms with Gasteiger partial charge in [-0.15, -0.1) is 0 Å². The minimum absolute atomic E-state index is 0.157. The number of hydrogen-bond donors (Lipinski definition) is 1. The number of aliphatic imine (C=N–C) groups is 1. The Kier molecular flexibility index (Phi) is 4.07. The van der Waals surface area contributed by atoms with Crippen LogP contribution < -0.4 is 4.74 Å². The van der Waals surface area contributed by atoms with Crippen LogP contribution in [0.3, 0.4) is 0 Å². The Labute approximate surface area is 117 Å². The Hall–Kier alpha value is -2.00. The number of aromatic hydroxyl groups is 1. The summed E-state index contributed by atoms with van der Waals surface area (Å²) in [5.74, 6) is 0.825. The quantitative estimate of drug-likeness (QED) is 0.857. The van der Waals surface area contributed by atoms with Gasteiger partial charge in [-0.3, -0.25) is 4.99 Å². The summed E-state index contributed by atoms with van der Waals surface area (Å²) >= 11 is 5.93. The summed E-state index contributed by atoms with van der Waals surface area (Å²) in [7, 11) is 1.58. The van der Waals surface area contributed by atoms with Gasteiger partial charge in [0.1, 0.15) is 11.5 Å². The van der Waals surface area contributed by atoms with E-state index in [-0.39, 0.29) is 5.75 Å². The molecule has 1 N–H and O–H groups in total. The molecule has 0 aliphatic carbocycles. The topological polar surface area (TPSA) is 41.8 Å². The molecule has 4 heteroatoms. The minimum atomic E-state index is 0.157. The first-order valence-electron chi connectivity index (χ1n) is 5.77. The first-order valence-corrected chi connectivity index (χ1v) is 6.15. The van der Waals surface area contributed by atoms with E-state index in [1.807, 2.05) is 19.1 Å². The van der Waals surface area contributed by atoms with Crippen LogP contribution >= 0.6 is 11.6 Å². The van der Waals surface area contributed by atoms with Crippen molar-refractivity contribution >= 4 is 23.5 Å². The highest BCUT2D eigenvalue weighted by molar-refractivity contribution is 6.30. The van der Waals surface area contributed by atoms with Gasteiger partial charge in [0.2, 0.25) is 0 Å². The molecule has 0 saturated heterocycles. The highest BCUT2D eigenvalue weighted by atomic mass is 35.5. The first kappa shape index (κ1) is 13.4. The van der Waals surface area contributed by atoms with Gasteiger partial charge in [0.05, 0.1) is 12.8 Å². The van der Waals surface area contributed by atoms with Crippen molar-refractivity contribution < 1.29 is 9.84 Å². The molecule has 0 unspecified atom stereocenters. The fourth-order valence-electron chi connectivity index (χ4n) is 1.62. The number of halogens is 1. The van der Waals surface area contributed by atoms with Crippen LogP contribution in [0.25, 0.3) is 0 Å². The molecule has 2 aromatic rings. The maximum absolute atomic E-state index is 9.76. The molecule has 3 nitrogen and oxygen atoms in total. The van der Waals surface area contributed by atoms with Crippen LogP contribution in [0.15, 0.2) is 41.4 Å².